The molecular weight excluding hydrogens is 232 g/mol. The van der Waals surface area contributed by atoms with Crippen LogP contribution in [0, 0.1) is 5.41 Å². The van der Waals surface area contributed by atoms with E-state index in [1.165, 1.54) is 48.4 Å². The molecule has 2 aromatic rings. The van der Waals surface area contributed by atoms with Crippen molar-refractivity contribution in [3.8, 4) is 0 Å². The first kappa shape index (κ1) is 12.7. The summed E-state index contributed by atoms with van der Waals surface area (Å²) in [6.07, 6.45) is 7.23. The fraction of sp³-hybridized carbons (Fsp3) is 0.444. The third kappa shape index (κ3) is 2.52. The number of hydrogen-bond donors (Lipinski definition) is 1. The van der Waals surface area contributed by atoms with Crippen LogP contribution in [0.25, 0.3) is 10.8 Å². The van der Waals surface area contributed by atoms with E-state index in [2.05, 4.69) is 42.5 Å². The van der Waals surface area contributed by atoms with Crippen molar-refractivity contribution in [3.05, 3.63) is 48.0 Å². The molecule has 1 saturated carbocycles. The zero-order valence-corrected chi connectivity index (χ0v) is 11.4. The maximum absolute atomic E-state index is 9.87. The molecule has 3 rings (SSSR count). The summed E-state index contributed by atoms with van der Waals surface area (Å²) in [4.78, 5) is 0. The van der Waals surface area contributed by atoms with E-state index < -0.39 is 0 Å². The van der Waals surface area contributed by atoms with Crippen molar-refractivity contribution in [3.63, 3.8) is 0 Å². The smallest absolute Gasteiger partial charge is 0.0490 e. The maximum Gasteiger partial charge on any atom is 0.0490 e. The Morgan fingerprint density at radius 2 is 1.63 bits per heavy atom. The Balaban J connectivity index is 1.96. The molecule has 1 fully saturated rings. The largest absolute Gasteiger partial charge is 0.396 e. The Kier molecular flexibility index (Phi) is 3.56. The van der Waals surface area contributed by atoms with E-state index >= 15 is 0 Å². The van der Waals surface area contributed by atoms with Crippen molar-refractivity contribution < 1.29 is 5.11 Å². The first-order valence-corrected chi connectivity index (χ1v) is 7.41. The third-order valence-electron chi connectivity index (χ3n) is 4.70. The van der Waals surface area contributed by atoms with Gasteiger partial charge in [-0.15, -0.1) is 0 Å². The van der Waals surface area contributed by atoms with E-state index in [1.807, 2.05) is 0 Å². The topological polar surface area (TPSA) is 20.2 Å². The van der Waals surface area contributed by atoms with Gasteiger partial charge in [0.05, 0.1) is 0 Å². The summed E-state index contributed by atoms with van der Waals surface area (Å²) in [6.45, 7) is 0.330. The summed E-state index contributed by atoms with van der Waals surface area (Å²) in [5.41, 5.74) is 1.52. The number of aliphatic hydroxyl groups is 1. The average Bonchev–Trinajstić information content (AvgIpc) is 2.49. The molecule has 0 amide bonds. The number of fused-ring (bicyclic) bond motifs is 1. The Morgan fingerprint density at radius 3 is 2.42 bits per heavy atom. The minimum Gasteiger partial charge on any atom is -0.396 e. The van der Waals surface area contributed by atoms with Crippen LogP contribution >= 0.6 is 0 Å². The zero-order chi connectivity index (χ0) is 13.1. The monoisotopic (exact) mass is 254 g/mol. The fourth-order valence-corrected chi connectivity index (χ4v) is 3.54. The molecule has 2 aromatic carbocycles. The van der Waals surface area contributed by atoms with Gasteiger partial charge < -0.3 is 5.11 Å². The van der Waals surface area contributed by atoms with E-state index in [1.54, 1.807) is 0 Å². The van der Waals surface area contributed by atoms with Gasteiger partial charge in [0, 0.05) is 6.61 Å². The molecule has 0 atom stereocenters. The van der Waals surface area contributed by atoms with E-state index in [9.17, 15) is 5.11 Å². The lowest BCUT2D eigenvalue weighted by Crippen LogP contribution is -2.30. The molecule has 1 nitrogen and oxygen atoms in total. The summed E-state index contributed by atoms with van der Waals surface area (Å²) < 4.78 is 0. The lowest BCUT2D eigenvalue weighted by atomic mass is 9.70. The molecule has 1 heteroatoms. The second-order valence-electron chi connectivity index (χ2n) is 6.03. The van der Waals surface area contributed by atoms with Crippen LogP contribution in [0.4, 0.5) is 0 Å². The number of benzene rings is 2. The molecule has 1 aliphatic carbocycles. The van der Waals surface area contributed by atoms with E-state index in [0.29, 0.717) is 6.61 Å². The van der Waals surface area contributed by atoms with Crippen molar-refractivity contribution in [2.45, 2.75) is 38.5 Å². The minimum absolute atomic E-state index is 0.127. The standard InChI is InChI=1S/C18H22O/c19-14-18(11-4-1-5-12-18)13-16-9-6-8-15-7-2-3-10-17(15)16/h2-3,6-10,19H,1,4-5,11-14H2. The summed E-state index contributed by atoms with van der Waals surface area (Å²) in [7, 11) is 0. The van der Waals surface area contributed by atoms with Gasteiger partial charge in [-0.2, -0.15) is 0 Å². The van der Waals surface area contributed by atoms with Gasteiger partial charge in [-0.25, -0.2) is 0 Å². The van der Waals surface area contributed by atoms with Crippen molar-refractivity contribution in [1.29, 1.82) is 0 Å². The van der Waals surface area contributed by atoms with Crippen LogP contribution in [0.1, 0.15) is 37.7 Å². The predicted octanol–water partition coefficient (Wildman–Crippen LogP) is 4.33. The minimum atomic E-state index is 0.127. The van der Waals surface area contributed by atoms with E-state index in [-0.39, 0.29) is 5.41 Å². The highest BCUT2D eigenvalue weighted by Gasteiger charge is 2.31. The summed E-state index contributed by atoms with van der Waals surface area (Å²) in [5.74, 6) is 0. The molecular formula is C18H22O. The van der Waals surface area contributed by atoms with E-state index in [0.717, 1.165) is 6.42 Å². The van der Waals surface area contributed by atoms with E-state index in [4.69, 9.17) is 0 Å². The second kappa shape index (κ2) is 5.34. The molecule has 0 heterocycles. The highest BCUT2D eigenvalue weighted by molar-refractivity contribution is 5.85. The Morgan fingerprint density at radius 1 is 0.895 bits per heavy atom. The van der Waals surface area contributed by atoms with Crippen LogP contribution in [-0.2, 0) is 6.42 Å². The van der Waals surface area contributed by atoms with Gasteiger partial charge in [-0.1, -0.05) is 61.7 Å². The van der Waals surface area contributed by atoms with Crippen molar-refractivity contribution in [2.24, 2.45) is 5.41 Å². The van der Waals surface area contributed by atoms with Gasteiger partial charge in [-0.05, 0) is 41.0 Å². The normalized spacial score (nSPS) is 18.6. The van der Waals surface area contributed by atoms with Gasteiger partial charge in [0.2, 0.25) is 0 Å². The Hall–Kier alpha value is -1.34. The van der Waals surface area contributed by atoms with Crippen LogP contribution in [0.2, 0.25) is 0 Å². The SMILES string of the molecule is OCC1(Cc2cccc3ccccc23)CCCCC1. The predicted molar refractivity (Wildman–Crippen MR) is 80.3 cm³/mol. The van der Waals surface area contributed by atoms with Crippen molar-refractivity contribution >= 4 is 10.8 Å². The molecule has 0 aliphatic heterocycles. The van der Waals surface area contributed by atoms with Gasteiger partial charge in [0.15, 0.2) is 0 Å². The van der Waals surface area contributed by atoms with Crippen molar-refractivity contribution in [2.75, 3.05) is 6.61 Å². The number of aliphatic hydroxyl groups excluding tert-OH is 1. The molecule has 0 aromatic heterocycles. The van der Waals surface area contributed by atoms with Crippen LogP contribution in [0.15, 0.2) is 42.5 Å². The van der Waals surface area contributed by atoms with Gasteiger partial charge in [-0.3, -0.25) is 0 Å². The maximum atomic E-state index is 9.87. The fourth-order valence-electron chi connectivity index (χ4n) is 3.54. The average molecular weight is 254 g/mol. The molecule has 19 heavy (non-hydrogen) atoms. The van der Waals surface area contributed by atoms with Crippen LogP contribution < -0.4 is 0 Å². The first-order chi connectivity index (χ1) is 9.33. The Bertz CT molecular complexity index is 547. The lowest BCUT2D eigenvalue weighted by molar-refractivity contribution is 0.0827. The molecule has 1 N–H and O–H groups in total. The number of hydrogen-bond acceptors (Lipinski definition) is 1. The van der Waals surface area contributed by atoms with Gasteiger partial charge in [0.1, 0.15) is 0 Å². The quantitative estimate of drug-likeness (QED) is 0.864. The van der Waals surface area contributed by atoms with Crippen LogP contribution in [-0.4, -0.2) is 11.7 Å². The third-order valence-corrected chi connectivity index (χ3v) is 4.70. The zero-order valence-electron chi connectivity index (χ0n) is 11.4. The van der Waals surface area contributed by atoms with Gasteiger partial charge in [0.25, 0.3) is 0 Å². The summed E-state index contributed by atoms with van der Waals surface area (Å²) in [5, 5.41) is 12.5. The lowest BCUT2D eigenvalue weighted by Gasteiger charge is -2.36. The summed E-state index contributed by atoms with van der Waals surface area (Å²) in [6, 6.07) is 15.1. The highest BCUT2D eigenvalue weighted by atomic mass is 16.3. The summed E-state index contributed by atoms with van der Waals surface area (Å²) >= 11 is 0. The van der Waals surface area contributed by atoms with Crippen LogP contribution in [0.5, 0.6) is 0 Å². The Labute approximate surface area is 115 Å². The molecule has 0 unspecified atom stereocenters. The van der Waals surface area contributed by atoms with Gasteiger partial charge >= 0.3 is 0 Å². The number of rotatable bonds is 3. The van der Waals surface area contributed by atoms with Crippen molar-refractivity contribution in [1.82, 2.24) is 0 Å². The molecule has 100 valence electrons. The molecule has 0 spiro atoms. The second-order valence-corrected chi connectivity index (χ2v) is 6.03. The van der Waals surface area contributed by atoms with Crippen LogP contribution in [0.3, 0.4) is 0 Å². The molecule has 0 radical (unpaired) electrons. The molecule has 0 saturated heterocycles. The molecule has 0 bridgehead atoms. The highest BCUT2D eigenvalue weighted by Crippen LogP contribution is 2.39. The molecule has 1 aliphatic rings. The first-order valence-electron chi connectivity index (χ1n) is 7.41.